The van der Waals surface area contributed by atoms with Gasteiger partial charge in [-0.3, -0.25) is 4.68 Å². The van der Waals surface area contributed by atoms with Gasteiger partial charge in [-0.1, -0.05) is 30.3 Å². The number of aromatic nitrogens is 2. The molecule has 0 aliphatic rings. The number of nitrogens with zero attached hydrogens (tertiary/aromatic N) is 3. The molecule has 2 aromatic rings. The summed E-state index contributed by atoms with van der Waals surface area (Å²) in [6.07, 6.45) is 1.76. The maximum atomic E-state index is 10.3. The minimum Gasteiger partial charge on any atom is -0.263 e. The van der Waals surface area contributed by atoms with Crippen LogP contribution in [-0.4, -0.2) is 9.78 Å². The summed E-state index contributed by atoms with van der Waals surface area (Å²) in [4.78, 5) is 10.3. The maximum Gasteiger partial charge on any atom is 0.217 e. The van der Waals surface area contributed by atoms with Gasteiger partial charge in [0.2, 0.25) is 5.82 Å². The van der Waals surface area contributed by atoms with E-state index in [2.05, 4.69) is 10.3 Å². The van der Waals surface area contributed by atoms with Gasteiger partial charge in [-0.15, -0.1) is 10.0 Å². The minimum atomic E-state index is 0.113. The lowest BCUT2D eigenvalue weighted by Gasteiger charge is -2.11. The molecule has 0 fully saturated rings. The zero-order valence-electron chi connectivity index (χ0n) is 8.37. The lowest BCUT2D eigenvalue weighted by molar-refractivity contribution is 0.565. The van der Waals surface area contributed by atoms with Crippen molar-refractivity contribution in [3.05, 3.63) is 53.1 Å². The van der Waals surface area contributed by atoms with Gasteiger partial charge in [0.15, 0.2) is 0 Å². The molecule has 0 aliphatic carbocycles. The van der Waals surface area contributed by atoms with Crippen LogP contribution in [0.3, 0.4) is 0 Å². The molecule has 76 valence electrons. The molecule has 0 saturated carbocycles. The Morgan fingerprint density at radius 3 is 2.60 bits per heavy atom. The summed E-state index contributed by atoms with van der Waals surface area (Å²) in [5.41, 5.74) is 1.15. The van der Waals surface area contributed by atoms with E-state index < -0.39 is 0 Å². The average molecular weight is 201 g/mol. The molecule has 0 spiro atoms. The maximum absolute atomic E-state index is 10.3. The van der Waals surface area contributed by atoms with Gasteiger partial charge in [0.1, 0.15) is 0 Å². The molecular formula is C11H11N3O. The van der Waals surface area contributed by atoms with Crippen LogP contribution in [0.5, 0.6) is 0 Å². The van der Waals surface area contributed by atoms with Crippen LogP contribution in [0.1, 0.15) is 18.5 Å². The molecule has 4 heteroatoms. The van der Waals surface area contributed by atoms with Crippen LogP contribution in [-0.2, 0) is 0 Å². The summed E-state index contributed by atoms with van der Waals surface area (Å²) >= 11 is 0. The van der Waals surface area contributed by atoms with E-state index in [1.54, 1.807) is 16.9 Å². The van der Waals surface area contributed by atoms with E-state index in [9.17, 15) is 4.91 Å². The first kappa shape index (κ1) is 9.58. The molecule has 0 saturated heterocycles. The molecule has 2 rings (SSSR count). The van der Waals surface area contributed by atoms with Gasteiger partial charge in [0.25, 0.3) is 0 Å². The van der Waals surface area contributed by atoms with E-state index in [-0.39, 0.29) is 11.9 Å². The van der Waals surface area contributed by atoms with Crippen LogP contribution >= 0.6 is 0 Å². The number of hydrogen-bond donors (Lipinski definition) is 0. The van der Waals surface area contributed by atoms with Crippen LogP contribution in [0.25, 0.3) is 0 Å². The Balaban J connectivity index is 2.28. The van der Waals surface area contributed by atoms with Crippen molar-refractivity contribution in [3.63, 3.8) is 0 Å². The molecule has 0 amide bonds. The van der Waals surface area contributed by atoms with Gasteiger partial charge in [-0.05, 0) is 17.7 Å². The van der Waals surface area contributed by atoms with E-state index in [4.69, 9.17) is 0 Å². The highest BCUT2D eigenvalue weighted by atomic mass is 16.3. The third kappa shape index (κ3) is 1.93. The Labute approximate surface area is 87.5 Å². The van der Waals surface area contributed by atoms with Crippen LogP contribution < -0.4 is 0 Å². The van der Waals surface area contributed by atoms with Crippen molar-refractivity contribution in [1.29, 1.82) is 0 Å². The van der Waals surface area contributed by atoms with Crippen LogP contribution in [0, 0.1) is 4.91 Å². The van der Waals surface area contributed by atoms with E-state index in [1.807, 2.05) is 37.3 Å². The molecule has 0 aliphatic heterocycles. The summed E-state index contributed by atoms with van der Waals surface area (Å²) in [5, 5.41) is 6.83. The number of rotatable bonds is 3. The summed E-state index contributed by atoms with van der Waals surface area (Å²) in [6.45, 7) is 2.02. The largest absolute Gasteiger partial charge is 0.263 e. The minimum absolute atomic E-state index is 0.113. The normalized spacial score (nSPS) is 12.3. The Hall–Kier alpha value is -1.97. The highest BCUT2D eigenvalue weighted by Gasteiger charge is 2.08. The highest BCUT2D eigenvalue weighted by molar-refractivity contribution is 5.25. The fourth-order valence-corrected chi connectivity index (χ4v) is 1.48. The third-order valence-corrected chi connectivity index (χ3v) is 2.37. The van der Waals surface area contributed by atoms with Crippen LogP contribution in [0.15, 0.2) is 47.8 Å². The fourth-order valence-electron chi connectivity index (χ4n) is 1.48. The zero-order valence-corrected chi connectivity index (χ0v) is 8.37. The molecule has 4 nitrogen and oxygen atoms in total. The summed E-state index contributed by atoms with van der Waals surface area (Å²) in [6, 6.07) is 11.7. The van der Waals surface area contributed by atoms with Crippen molar-refractivity contribution in [3.8, 4) is 0 Å². The first-order valence-electron chi connectivity index (χ1n) is 4.74. The van der Waals surface area contributed by atoms with E-state index in [1.165, 1.54) is 0 Å². The van der Waals surface area contributed by atoms with Crippen molar-refractivity contribution < 1.29 is 0 Å². The van der Waals surface area contributed by atoms with Crippen molar-refractivity contribution in [2.45, 2.75) is 13.0 Å². The van der Waals surface area contributed by atoms with Gasteiger partial charge in [0, 0.05) is 12.3 Å². The standard InChI is InChI=1S/C11H11N3O/c1-9(10-5-3-2-4-6-10)14-8-7-11(12-14)13-15/h2-9H,1H3. The lowest BCUT2D eigenvalue weighted by atomic mass is 10.1. The molecule has 1 aromatic carbocycles. The van der Waals surface area contributed by atoms with Crippen molar-refractivity contribution in [1.82, 2.24) is 9.78 Å². The van der Waals surface area contributed by atoms with Gasteiger partial charge < -0.3 is 0 Å². The number of nitroso groups, excluding NO2 is 1. The van der Waals surface area contributed by atoms with Gasteiger partial charge in [-0.25, -0.2) is 0 Å². The zero-order chi connectivity index (χ0) is 10.7. The monoisotopic (exact) mass is 201 g/mol. The second-order valence-electron chi connectivity index (χ2n) is 3.33. The summed E-state index contributed by atoms with van der Waals surface area (Å²) in [5.74, 6) is 0.220. The summed E-state index contributed by atoms with van der Waals surface area (Å²) < 4.78 is 1.73. The Morgan fingerprint density at radius 1 is 1.27 bits per heavy atom. The van der Waals surface area contributed by atoms with Crippen molar-refractivity contribution in [2.75, 3.05) is 0 Å². The van der Waals surface area contributed by atoms with E-state index in [0.717, 1.165) is 5.56 Å². The third-order valence-electron chi connectivity index (χ3n) is 2.37. The SMILES string of the molecule is CC(c1ccccc1)n1ccc(N=O)n1. The van der Waals surface area contributed by atoms with Gasteiger partial charge >= 0.3 is 0 Å². The molecule has 1 aromatic heterocycles. The van der Waals surface area contributed by atoms with E-state index >= 15 is 0 Å². The highest BCUT2D eigenvalue weighted by Crippen LogP contribution is 2.18. The molecule has 1 heterocycles. The second kappa shape index (κ2) is 4.04. The van der Waals surface area contributed by atoms with E-state index in [0.29, 0.717) is 0 Å². The van der Waals surface area contributed by atoms with Crippen LogP contribution in [0.2, 0.25) is 0 Å². The first-order valence-corrected chi connectivity index (χ1v) is 4.74. The molecular weight excluding hydrogens is 190 g/mol. The predicted molar refractivity (Wildman–Crippen MR) is 57.9 cm³/mol. The molecule has 1 atom stereocenters. The quantitative estimate of drug-likeness (QED) is 0.717. The molecule has 0 radical (unpaired) electrons. The molecule has 0 bridgehead atoms. The Morgan fingerprint density at radius 2 is 2.00 bits per heavy atom. The average Bonchev–Trinajstić information content (AvgIpc) is 2.78. The molecule has 15 heavy (non-hydrogen) atoms. The van der Waals surface area contributed by atoms with Gasteiger partial charge in [0.05, 0.1) is 6.04 Å². The summed E-state index contributed by atoms with van der Waals surface area (Å²) in [7, 11) is 0. The smallest absolute Gasteiger partial charge is 0.217 e. The Kier molecular flexibility index (Phi) is 2.58. The Bertz CT molecular complexity index is 450. The van der Waals surface area contributed by atoms with Crippen molar-refractivity contribution in [2.24, 2.45) is 5.18 Å². The second-order valence-corrected chi connectivity index (χ2v) is 3.33. The first-order chi connectivity index (χ1) is 7.31. The predicted octanol–water partition coefficient (Wildman–Crippen LogP) is 2.89. The number of benzene rings is 1. The topological polar surface area (TPSA) is 47.2 Å². The number of hydrogen-bond acceptors (Lipinski definition) is 3. The van der Waals surface area contributed by atoms with Gasteiger partial charge in [-0.2, -0.15) is 0 Å². The van der Waals surface area contributed by atoms with Crippen LogP contribution in [0.4, 0.5) is 5.82 Å². The lowest BCUT2D eigenvalue weighted by Crippen LogP contribution is -2.06. The molecule has 0 N–H and O–H groups in total. The fraction of sp³-hybridized carbons (Fsp3) is 0.182. The molecule has 1 unspecified atom stereocenters. The van der Waals surface area contributed by atoms with Crippen molar-refractivity contribution >= 4 is 5.82 Å².